The highest BCUT2D eigenvalue weighted by Gasteiger charge is 2.36. The number of benzene rings is 2. The van der Waals surface area contributed by atoms with Gasteiger partial charge in [0.2, 0.25) is 0 Å². The number of nitrogens with zero attached hydrogens (tertiary/aromatic N) is 7. The predicted octanol–water partition coefficient (Wildman–Crippen LogP) is 10.9. The van der Waals surface area contributed by atoms with E-state index in [2.05, 4.69) is 87.4 Å². The zero-order chi connectivity index (χ0) is 45.0. The molecule has 1 N–H and O–H groups in total. The Morgan fingerprint density at radius 1 is 0.677 bits per heavy atom. The molecule has 2 saturated heterocycles. The number of Topliss-reactive ketones (excluding diaryl/α,β-unsaturated/α-hetero) is 2. The van der Waals surface area contributed by atoms with Crippen LogP contribution in [0.25, 0.3) is 23.3 Å². The molecule has 6 aromatic rings. The second kappa shape index (κ2) is 19.9. The van der Waals surface area contributed by atoms with Gasteiger partial charge in [-0.05, 0) is 172 Å². The standard InChI is InChI=1S/C27H29ClN4O.C26H27ClN4O/c1-31-12-9-18(10-13-31)26-22-7-6-21(28)15-20(22)14-19(23-4-3-11-29-27(23)26)5-8-25(33)24-16-32(2)17-30-24;1-31-11-8-17(9-12-31)25-21-6-5-20(27)14-19(21)13-18(22-3-2-10-29-26(22)25)4-7-24(32)23-15-28-16-30-23/h3-4,6-7,11,14-18,26H,5,8-10,12-13H2,1-2H3;2-3,5-6,10,13-17,25H,4,7-9,11-12H2,1H3,(H,28,30). The van der Waals surface area contributed by atoms with Crippen LogP contribution in [0.2, 0.25) is 10.0 Å². The van der Waals surface area contributed by atoms with Gasteiger partial charge < -0.3 is 19.4 Å². The molecule has 0 saturated carbocycles. The number of aromatic amines is 1. The Morgan fingerprint density at radius 3 is 1.65 bits per heavy atom. The van der Waals surface area contributed by atoms with Crippen molar-refractivity contribution in [3.05, 3.63) is 164 Å². The second-order valence-electron chi connectivity index (χ2n) is 18.2. The number of pyridine rings is 2. The van der Waals surface area contributed by atoms with Crippen LogP contribution in [0.1, 0.15) is 129 Å². The molecule has 2 aliphatic carbocycles. The maximum Gasteiger partial charge on any atom is 0.183 e. The summed E-state index contributed by atoms with van der Waals surface area (Å²) in [5.41, 5.74) is 12.8. The highest BCUT2D eigenvalue weighted by Crippen LogP contribution is 2.47. The molecule has 6 heterocycles. The van der Waals surface area contributed by atoms with Crippen molar-refractivity contribution in [3.8, 4) is 0 Å². The molecule has 4 aliphatic rings. The van der Waals surface area contributed by atoms with Gasteiger partial charge >= 0.3 is 0 Å². The first-order valence-corrected chi connectivity index (χ1v) is 23.7. The molecule has 0 spiro atoms. The molecule has 10 nitrogen and oxygen atoms in total. The summed E-state index contributed by atoms with van der Waals surface area (Å²) < 4.78 is 1.81. The number of likely N-dealkylation sites (tertiary alicyclic amines) is 2. The van der Waals surface area contributed by atoms with Crippen molar-refractivity contribution in [1.29, 1.82) is 0 Å². The van der Waals surface area contributed by atoms with Crippen molar-refractivity contribution in [2.45, 2.75) is 63.2 Å². The summed E-state index contributed by atoms with van der Waals surface area (Å²) in [6.45, 7) is 4.41. The van der Waals surface area contributed by atoms with E-state index >= 15 is 0 Å². The summed E-state index contributed by atoms with van der Waals surface area (Å²) in [5, 5.41) is 1.46. The summed E-state index contributed by atoms with van der Waals surface area (Å²) in [6, 6.07) is 20.8. The summed E-state index contributed by atoms with van der Waals surface area (Å²) in [5.74, 6) is 1.63. The van der Waals surface area contributed by atoms with E-state index in [1.54, 1.807) is 25.0 Å². The van der Waals surface area contributed by atoms with Crippen molar-refractivity contribution in [2.75, 3.05) is 40.3 Å². The lowest BCUT2D eigenvalue weighted by atomic mass is 9.76. The first kappa shape index (κ1) is 44.7. The van der Waals surface area contributed by atoms with Crippen LogP contribution in [0.3, 0.4) is 0 Å². The van der Waals surface area contributed by atoms with E-state index in [4.69, 9.17) is 33.2 Å². The largest absolute Gasteiger partial charge is 0.342 e. The Bertz CT molecular complexity index is 2730. The van der Waals surface area contributed by atoms with E-state index in [0.717, 1.165) is 107 Å². The van der Waals surface area contributed by atoms with Crippen LogP contribution in [0.15, 0.2) is 98.1 Å². The molecule has 0 radical (unpaired) electrons. The Morgan fingerprint density at radius 2 is 1.18 bits per heavy atom. The van der Waals surface area contributed by atoms with E-state index in [1.807, 2.05) is 48.3 Å². The zero-order valence-electron chi connectivity index (χ0n) is 37.4. The molecule has 2 unspecified atom stereocenters. The Labute approximate surface area is 391 Å². The number of piperidine rings is 2. The number of ketones is 2. The summed E-state index contributed by atoms with van der Waals surface area (Å²) in [7, 11) is 6.27. The van der Waals surface area contributed by atoms with Crippen molar-refractivity contribution in [2.24, 2.45) is 18.9 Å². The highest BCUT2D eigenvalue weighted by molar-refractivity contribution is 6.31. The minimum absolute atomic E-state index is 0.0596. The number of nitrogens with one attached hydrogen (secondary N) is 1. The molecule has 4 aromatic heterocycles. The zero-order valence-corrected chi connectivity index (χ0v) is 38.9. The highest BCUT2D eigenvalue weighted by atomic mass is 35.5. The fraction of sp³-hybridized carbons (Fsp3) is 0.358. The number of hydrogen-bond acceptors (Lipinski definition) is 8. The lowest BCUT2D eigenvalue weighted by Gasteiger charge is -2.35. The van der Waals surface area contributed by atoms with Gasteiger partial charge in [-0.1, -0.05) is 59.6 Å². The number of aryl methyl sites for hydroxylation is 1. The molecular formula is C53H56Cl2N8O2. The smallest absolute Gasteiger partial charge is 0.183 e. The van der Waals surface area contributed by atoms with E-state index < -0.39 is 0 Å². The molecule has 2 fully saturated rings. The number of allylic oxidation sites excluding steroid dienone is 2. The fourth-order valence-electron chi connectivity index (χ4n) is 10.4. The van der Waals surface area contributed by atoms with Gasteiger partial charge in [0.25, 0.3) is 0 Å². The molecule has 0 bridgehead atoms. The maximum atomic E-state index is 12.8. The van der Waals surface area contributed by atoms with Gasteiger partial charge in [0, 0.05) is 60.4 Å². The third kappa shape index (κ3) is 10.0. The van der Waals surface area contributed by atoms with Crippen LogP contribution in [0.5, 0.6) is 0 Å². The van der Waals surface area contributed by atoms with Gasteiger partial charge in [-0.2, -0.15) is 0 Å². The number of imidazole rings is 2. The number of halogens is 2. The normalized spacial score (nSPS) is 19.0. The van der Waals surface area contributed by atoms with Crippen LogP contribution >= 0.6 is 23.2 Å². The van der Waals surface area contributed by atoms with Gasteiger partial charge in [0.1, 0.15) is 11.4 Å². The monoisotopic (exact) mass is 906 g/mol. The molecular weight excluding hydrogens is 852 g/mol. The van der Waals surface area contributed by atoms with Crippen LogP contribution in [-0.4, -0.2) is 91.1 Å². The van der Waals surface area contributed by atoms with Gasteiger partial charge in [-0.15, -0.1) is 0 Å². The van der Waals surface area contributed by atoms with E-state index in [9.17, 15) is 9.59 Å². The lowest BCUT2D eigenvalue weighted by molar-refractivity contribution is 0.0972. The maximum absolute atomic E-state index is 12.8. The fourth-order valence-corrected chi connectivity index (χ4v) is 10.8. The molecule has 2 atom stereocenters. The van der Waals surface area contributed by atoms with Crippen LogP contribution in [0.4, 0.5) is 0 Å². The molecule has 12 heteroatoms. The van der Waals surface area contributed by atoms with Crippen LogP contribution in [0, 0.1) is 11.8 Å². The number of rotatable bonds is 10. The number of hydrogen-bond donors (Lipinski definition) is 1. The molecule has 0 amide bonds. The van der Waals surface area contributed by atoms with Crippen molar-refractivity contribution in [3.63, 3.8) is 0 Å². The first-order valence-electron chi connectivity index (χ1n) is 22.9. The van der Waals surface area contributed by atoms with Crippen molar-refractivity contribution >= 4 is 58.1 Å². The predicted molar refractivity (Wildman–Crippen MR) is 260 cm³/mol. The quantitative estimate of drug-likeness (QED) is 0.135. The van der Waals surface area contributed by atoms with Crippen molar-refractivity contribution < 1.29 is 9.59 Å². The van der Waals surface area contributed by atoms with Crippen LogP contribution < -0.4 is 0 Å². The second-order valence-corrected chi connectivity index (χ2v) is 19.1. The lowest BCUT2D eigenvalue weighted by Crippen LogP contribution is -2.33. The minimum atomic E-state index is 0.0596. The SMILES string of the molecule is CN1CCC(C2c3ccc(Cl)cc3C=C(CCC(=O)c3cn(C)cn3)c3cccnc32)CC1.CN1CCC(C2c3ccc(Cl)cc3C=C(CCC(=O)c3cnc[nH]3)c3cccnc32)CC1. The van der Waals surface area contributed by atoms with Crippen LogP contribution in [-0.2, 0) is 7.05 Å². The summed E-state index contributed by atoms with van der Waals surface area (Å²) in [6.07, 6.45) is 21.5. The van der Waals surface area contributed by atoms with Gasteiger partial charge in [0.05, 0.1) is 30.2 Å². The average molecular weight is 908 g/mol. The third-order valence-electron chi connectivity index (χ3n) is 13.9. The molecule has 334 valence electrons. The van der Waals surface area contributed by atoms with E-state index in [0.29, 0.717) is 48.9 Å². The number of aromatic nitrogens is 6. The number of H-pyrrole nitrogens is 1. The average Bonchev–Trinajstić information content (AvgIpc) is 3.97. The summed E-state index contributed by atoms with van der Waals surface area (Å²) in [4.78, 5) is 51.2. The topological polar surface area (TPSA) is 113 Å². The minimum Gasteiger partial charge on any atom is -0.342 e. The molecule has 2 aromatic carbocycles. The molecule has 2 aliphatic heterocycles. The van der Waals surface area contributed by atoms with Gasteiger partial charge in [0.15, 0.2) is 11.6 Å². The molecule has 65 heavy (non-hydrogen) atoms. The van der Waals surface area contributed by atoms with E-state index in [-0.39, 0.29) is 23.4 Å². The van der Waals surface area contributed by atoms with Gasteiger partial charge in [-0.3, -0.25) is 19.6 Å². The van der Waals surface area contributed by atoms with E-state index in [1.165, 1.54) is 11.1 Å². The first-order chi connectivity index (χ1) is 31.6. The Hall–Kier alpha value is -5.52. The third-order valence-corrected chi connectivity index (χ3v) is 14.4. The number of carbonyl (C=O) groups is 2. The summed E-state index contributed by atoms with van der Waals surface area (Å²) >= 11 is 12.9. The molecule has 10 rings (SSSR count). The number of carbonyl (C=O) groups excluding carboxylic acids is 2. The van der Waals surface area contributed by atoms with Crippen molar-refractivity contribution in [1.82, 2.24) is 39.3 Å². The number of fused-ring (bicyclic) bond motifs is 4. The van der Waals surface area contributed by atoms with Gasteiger partial charge in [-0.25, -0.2) is 9.97 Å². The Kier molecular flexibility index (Phi) is 13.7. The Balaban J connectivity index is 0.000000164.